The number of fused-ring (bicyclic) bond motifs is 2. The van der Waals surface area contributed by atoms with Crippen LogP contribution < -0.4 is 0 Å². The molecule has 0 aromatic heterocycles. The monoisotopic (exact) mass is 298 g/mol. The topological polar surface area (TPSA) is 72.8 Å². The van der Waals surface area contributed by atoms with Crippen LogP contribution in [0.5, 0.6) is 0 Å². The smallest absolute Gasteiger partial charge is 0.314 e. The van der Waals surface area contributed by atoms with Gasteiger partial charge in [-0.05, 0) is 57.3 Å². The van der Waals surface area contributed by atoms with Gasteiger partial charge in [0.15, 0.2) is 6.79 Å². The number of aliphatic hydroxyl groups excluding tert-OH is 1. The van der Waals surface area contributed by atoms with Gasteiger partial charge in [-0.1, -0.05) is 6.92 Å². The Morgan fingerprint density at radius 1 is 1.19 bits per heavy atom. The Kier molecular flexibility index (Phi) is 4.61. The Balaban J connectivity index is 2.13. The van der Waals surface area contributed by atoms with Crippen LogP contribution in [-0.4, -0.2) is 29.4 Å². The van der Waals surface area contributed by atoms with Gasteiger partial charge in [-0.3, -0.25) is 9.59 Å². The summed E-state index contributed by atoms with van der Waals surface area (Å²) in [6.07, 6.45) is 4.94. The highest BCUT2D eigenvalue weighted by atomic mass is 16.6. The minimum Gasteiger partial charge on any atom is -0.460 e. The van der Waals surface area contributed by atoms with Crippen LogP contribution in [0.3, 0.4) is 0 Å². The van der Waals surface area contributed by atoms with E-state index in [9.17, 15) is 9.59 Å². The Morgan fingerprint density at radius 2 is 1.76 bits per heavy atom. The molecule has 2 fully saturated rings. The fourth-order valence-corrected chi connectivity index (χ4v) is 4.68. The second-order valence-corrected chi connectivity index (χ2v) is 7.02. The van der Waals surface area contributed by atoms with Gasteiger partial charge >= 0.3 is 11.9 Å². The van der Waals surface area contributed by atoms with Gasteiger partial charge in [-0.15, -0.1) is 0 Å². The summed E-state index contributed by atoms with van der Waals surface area (Å²) in [7, 11) is 0. The quantitative estimate of drug-likeness (QED) is 0.637. The first-order valence-corrected chi connectivity index (χ1v) is 7.80. The number of carbonyl (C=O) groups excluding carboxylic acids is 2. The Hall–Kier alpha value is -1.10. The maximum absolute atomic E-state index is 12.3. The normalized spacial score (nSPS) is 38.7. The maximum atomic E-state index is 12.3. The summed E-state index contributed by atoms with van der Waals surface area (Å²) in [6.45, 7) is 4.90. The maximum Gasteiger partial charge on any atom is 0.314 e. The van der Waals surface area contributed by atoms with Crippen molar-refractivity contribution in [1.82, 2.24) is 0 Å². The van der Waals surface area contributed by atoms with Crippen LogP contribution in [0.1, 0.15) is 59.3 Å². The number of rotatable bonds is 4. The molecule has 21 heavy (non-hydrogen) atoms. The van der Waals surface area contributed by atoms with E-state index in [-0.39, 0.29) is 11.9 Å². The second-order valence-electron chi connectivity index (χ2n) is 7.02. The molecular weight excluding hydrogens is 272 g/mol. The zero-order valence-electron chi connectivity index (χ0n) is 13.2. The zero-order chi connectivity index (χ0) is 15.7. The van der Waals surface area contributed by atoms with Gasteiger partial charge in [-0.25, -0.2) is 0 Å². The summed E-state index contributed by atoms with van der Waals surface area (Å²) in [5, 5.41) is 8.86. The van der Waals surface area contributed by atoms with Crippen molar-refractivity contribution in [3.05, 3.63) is 0 Å². The average molecular weight is 298 g/mol. The van der Waals surface area contributed by atoms with E-state index in [2.05, 4.69) is 0 Å². The van der Waals surface area contributed by atoms with E-state index in [0.29, 0.717) is 11.8 Å². The largest absolute Gasteiger partial charge is 0.460 e. The van der Waals surface area contributed by atoms with Gasteiger partial charge in [-0.2, -0.15) is 0 Å². The van der Waals surface area contributed by atoms with Crippen molar-refractivity contribution in [3.63, 3.8) is 0 Å². The predicted molar refractivity (Wildman–Crippen MR) is 76.1 cm³/mol. The van der Waals surface area contributed by atoms with Crippen molar-refractivity contribution in [2.45, 2.75) is 64.9 Å². The summed E-state index contributed by atoms with van der Waals surface area (Å²) >= 11 is 0. The minimum absolute atomic E-state index is 0.237. The second kappa shape index (κ2) is 5.95. The van der Waals surface area contributed by atoms with Crippen molar-refractivity contribution >= 4 is 11.9 Å². The lowest BCUT2D eigenvalue weighted by Gasteiger charge is -2.50. The number of hydrogen-bond donors (Lipinski definition) is 1. The van der Waals surface area contributed by atoms with Crippen LogP contribution in [-0.2, 0) is 19.1 Å². The minimum atomic E-state index is -0.554. The van der Waals surface area contributed by atoms with Crippen molar-refractivity contribution in [1.29, 1.82) is 0 Å². The fourth-order valence-electron chi connectivity index (χ4n) is 4.68. The molecule has 2 saturated carbocycles. The molecule has 2 rings (SSSR count). The van der Waals surface area contributed by atoms with E-state index in [1.807, 2.05) is 13.8 Å². The molecule has 2 aliphatic rings. The van der Waals surface area contributed by atoms with E-state index in [1.54, 1.807) is 0 Å². The lowest BCUT2D eigenvalue weighted by molar-refractivity contribution is -0.179. The molecule has 5 heteroatoms. The van der Waals surface area contributed by atoms with Crippen molar-refractivity contribution in [2.75, 3.05) is 6.79 Å². The number of carbonyl (C=O) groups is 2. The summed E-state index contributed by atoms with van der Waals surface area (Å²) < 4.78 is 10.4. The first-order chi connectivity index (χ1) is 9.82. The van der Waals surface area contributed by atoms with E-state index < -0.39 is 17.8 Å². The predicted octanol–water partition coefficient (Wildman–Crippen LogP) is 2.41. The third kappa shape index (κ3) is 3.39. The molecule has 2 aliphatic carbocycles. The highest BCUT2D eigenvalue weighted by Gasteiger charge is 2.52. The lowest BCUT2D eigenvalue weighted by atomic mass is 9.57. The van der Waals surface area contributed by atoms with Crippen LogP contribution in [0, 0.1) is 17.3 Å². The van der Waals surface area contributed by atoms with E-state index in [4.69, 9.17) is 14.6 Å². The summed E-state index contributed by atoms with van der Waals surface area (Å²) in [6, 6.07) is 0. The molecular formula is C16H26O5. The molecule has 0 amide bonds. The van der Waals surface area contributed by atoms with Crippen molar-refractivity contribution in [3.8, 4) is 0 Å². The molecule has 0 saturated heterocycles. The molecule has 0 aromatic rings. The Morgan fingerprint density at radius 3 is 2.19 bits per heavy atom. The van der Waals surface area contributed by atoms with Crippen LogP contribution in [0.4, 0.5) is 0 Å². The number of esters is 2. The average Bonchev–Trinajstić information content (AvgIpc) is 2.35. The SMILES string of the molecule is CCC1(C(=O)OCO)CC2CC(CC(C)(OC(C)=O)C2)C1. The highest BCUT2D eigenvalue weighted by Crippen LogP contribution is 2.54. The van der Waals surface area contributed by atoms with Gasteiger partial charge in [0.1, 0.15) is 5.60 Å². The molecule has 2 unspecified atom stereocenters. The molecule has 0 spiro atoms. The standard InChI is InChI=1S/C16H26O5/c1-4-16(14(19)20-10-17)8-12-5-13(9-16)7-15(3,6-12)21-11(2)18/h12-13,17H,4-10H2,1-3H3. The van der Waals surface area contributed by atoms with E-state index >= 15 is 0 Å². The first kappa shape index (κ1) is 16.3. The fraction of sp³-hybridized carbons (Fsp3) is 0.875. The molecule has 0 radical (unpaired) electrons. The molecule has 0 heterocycles. The van der Waals surface area contributed by atoms with Crippen molar-refractivity contribution in [2.24, 2.45) is 17.3 Å². The first-order valence-electron chi connectivity index (χ1n) is 7.80. The van der Waals surface area contributed by atoms with Crippen LogP contribution in [0.2, 0.25) is 0 Å². The number of hydrogen-bond acceptors (Lipinski definition) is 5. The van der Waals surface area contributed by atoms with Gasteiger partial charge in [0.25, 0.3) is 0 Å². The van der Waals surface area contributed by atoms with Gasteiger partial charge in [0.2, 0.25) is 0 Å². The van der Waals surface area contributed by atoms with Gasteiger partial charge in [0.05, 0.1) is 5.41 Å². The third-order valence-corrected chi connectivity index (χ3v) is 5.16. The molecule has 2 bridgehead atoms. The van der Waals surface area contributed by atoms with Crippen LogP contribution in [0.25, 0.3) is 0 Å². The van der Waals surface area contributed by atoms with Gasteiger partial charge in [0, 0.05) is 6.92 Å². The Labute approximate surface area is 126 Å². The Bertz CT molecular complexity index is 403. The molecule has 120 valence electrons. The molecule has 1 N–H and O–H groups in total. The van der Waals surface area contributed by atoms with Gasteiger partial charge < -0.3 is 14.6 Å². The summed E-state index contributed by atoms with van der Waals surface area (Å²) in [5.41, 5.74) is -0.881. The van der Waals surface area contributed by atoms with Crippen LogP contribution in [0.15, 0.2) is 0 Å². The van der Waals surface area contributed by atoms with Crippen molar-refractivity contribution < 1.29 is 24.2 Å². The zero-order valence-corrected chi connectivity index (χ0v) is 13.2. The molecule has 0 aliphatic heterocycles. The van der Waals surface area contributed by atoms with E-state index in [0.717, 1.165) is 38.5 Å². The summed E-state index contributed by atoms with van der Waals surface area (Å²) in [5.74, 6) is 0.221. The third-order valence-electron chi connectivity index (χ3n) is 5.16. The van der Waals surface area contributed by atoms with E-state index in [1.165, 1.54) is 6.92 Å². The highest BCUT2D eigenvalue weighted by molar-refractivity contribution is 5.77. The molecule has 0 aromatic carbocycles. The molecule has 2 atom stereocenters. The number of aliphatic hydroxyl groups is 1. The summed E-state index contributed by atoms with van der Waals surface area (Å²) in [4.78, 5) is 23.5. The number of ether oxygens (including phenoxy) is 2. The van der Waals surface area contributed by atoms with Crippen LogP contribution >= 0.6 is 0 Å². The molecule has 5 nitrogen and oxygen atoms in total. The lowest BCUT2D eigenvalue weighted by Crippen LogP contribution is -2.49.